The summed E-state index contributed by atoms with van der Waals surface area (Å²) in [5, 5.41) is -5.11. The molecule has 0 aliphatic carbocycles. The molecule has 2 atom stereocenters. The molecule has 0 aromatic heterocycles. The third-order valence-corrected chi connectivity index (χ3v) is 3.14. The predicted molar refractivity (Wildman–Crippen MR) is 42.2 cm³/mol. The van der Waals surface area contributed by atoms with E-state index in [4.69, 9.17) is 4.55 Å². The van der Waals surface area contributed by atoms with Crippen LogP contribution in [0.4, 0.5) is 18.0 Å². The molecule has 1 aliphatic heterocycles. The maximum absolute atomic E-state index is 13.6. The van der Waals surface area contributed by atoms with E-state index in [9.17, 15) is 26.4 Å². The Kier molecular flexibility index (Phi) is 2.84. The average Bonchev–Trinajstić information content (AvgIpc) is 2.49. The summed E-state index contributed by atoms with van der Waals surface area (Å²) in [6, 6.07) is 0. The van der Waals surface area contributed by atoms with Crippen LogP contribution in [0.5, 0.6) is 0 Å². The first-order chi connectivity index (χ1) is 7.00. The lowest BCUT2D eigenvalue weighted by Crippen LogP contribution is -2.55. The monoisotopic (exact) mass is 264 g/mol. The highest BCUT2D eigenvalue weighted by molar-refractivity contribution is 7.87. The van der Waals surface area contributed by atoms with Crippen LogP contribution in [0, 0.1) is 0 Å². The second-order valence-electron chi connectivity index (χ2n) is 3.23. The van der Waals surface area contributed by atoms with Crippen molar-refractivity contribution in [2.24, 2.45) is 0 Å². The van der Waals surface area contributed by atoms with E-state index in [1.54, 1.807) is 0 Å². The zero-order valence-corrected chi connectivity index (χ0v) is 8.63. The standard InChI is InChI=1S/C6H7F3O6S/c1-5(7,3-2-14-4(10)15-3)6(8,9)16(11,12)13/h3H,2H2,1H3,(H,11,12,13). The minimum absolute atomic E-state index is 0.188. The van der Waals surface area contributed by atoms with E-state index in [2.05, 4.69) is 9.47 Å². The molecule has 0 aromatic rings. The van der Waals surface area contributed by atoms with Gasteiger partial charge in [-0.2, -0.15) is 17.2 Å². The first kappa shape index (κ1) is 13.0. The lowest BCUT2D eigenvalue weighted by atomic mass is 10.0. The topological polar surface area (TPSA) is 89.9 Å². The normalized spacial score (nSPS) is 25.8. The van der Waals surface area contributed by atoms with Gasteiger partial charge in [0.05, 0.1) is 0 Å². The summed E-state index contributed by atoms with van der Waals surface area (Å²) >= 11 is 0. The third-order valence-electron chi connectivity index (χ3n) is 2.09. The number of hydrogen-bond acceptors (Lipinski definition) is 5. The van der Waals surface area contributed by atoms with Crippen molar-refractivity contribution in [2.75, 3.05) is 6.61 Å². The Morgan fingerprint density at radius 1 is 1.44 bits per heavy atom. The molecule has 6 nitrogen and oxygen atoms in total. The molecular formula is C6H7F3O6S. The number of carbonyl (C=O) groups is 1. The van der Waals surface area contributed by atoms with Gasteiger partial charge in [-0.25, -0.2) is 9.18 Å². The second kappa shape index (κ2) is 3.48. The van der Waals surface area contributed by atoms with Crippen molar-refractivity contribution in [3.05, 3.63) is 0 Å². The maximum atomic E-state index is 13.6. The molecule has 94 valence electrons. The molecule has 1 heterocycles. The van der Waals surface area contributed by atoms with Crippen molar-refractivity contribution in [2.45, 2.75) is 24.0 Å². The highest BCUT2D eigenvalue weighted by atomic mass is 32.2. The molecular weight excluding hydrogens is 257 g/mol. The molecule has 10 heteroatoms. The van der Waals surface area contributed by atoms with Crippen LogP contribution < -0.4 is 0 Å². The van der Waals surface area contributed by atoms with Crippen LogP contribution in [0.25, 0.3) is 0 Å². The van der Waals surface area contributed by atoms with Crippen LogP contribution in [0.15, 0.2) is 0 Å². The summed E-state index contributed by atoms with van der Waals surface area (Å²) in [6.45, 7) is -0.676. The van der Waals surface area contributed by atoms with Crippen LogP contribution in [0.1, 0.15) is 6.92 Å². The van der Waals surface area contributed by atoms with Crippen LogP contribution in [0.2, 0.25) is 0 Å². The number of halogens is 3. The zero-order chi connectivity index (χ0) is 12.8. The Morgan fingerprint density at radius 3 is 2.25 bits per heavy atom. The zero-order valence-electron chi connectivity index (χ0n) is 7.82. The summed E-state index contributed by atoms with van der Waals surface area (Å²) in [5.41, 5.74) is -3.80. The Balaban J connectivity index is 3.06. The molecule has 1 fully saturated rings. The molecule has 0 saturated carbocycles. The fraction of sp³-hybridized carbons (Fsp3) is 0.833. The molecule has 1 saturated heterocycles. The third kappa shape index (κ3) is 1.82. The number of carbonyl (C=O) groups excluding carboxylic acids is 1. The number of hydrogen-bond donors (Lipinski definition) is 1. The van der Waals surface area contributed by atoms with Gasteiger partial charge in [0.1, 0.15) is 6.61 Å². The highest BCUT2D eigenvalue weighted by Crippen LogP contribution is 2.41. The van der Waals surface area contributed by atoms with E-state index in [1.807, 2.05) is 0 Å². The molecule has 0 amide bonds. The minimum atomic E-state index is -5.97. The maximum Gasteiger partial charge on any atom is 0.508 e. The summed E-state index contributed by atoms with van der Waals surface area (Å²) < 4.78 is 76.6. The van der Waals surface area contributed by atoms with Crippen molar-refractivity contribution in [1.29, 1.82) is 0 Å². The van der Waals surface area contributed by atoms with Crippen molar-refractivity contribution < 1.29 is 40.4 Å². The Bertz CT molecular complexity index is 402. The summed E-state index contributed by atoms with van der Waals surface area (Å²) in [4.78, 5) is 10.4. The molecule has 0 aromatic carbocycles. The summed E-state index contributed by atoms with van der Waals surface area (Å²) in [7, 11) is -5.97. The van der Waals surface area contributed by atoms with Gasteiger partial charge in [0, 0.05) is 0 Å². The van der Waals surface area contributed by atoms with E-state index < -0.39 is 39.9 Å². The van der Waals surface area contributed by atoms with Crippen LogP contribution in [-0.2, 0) is 19.6 Å². The van der Waals surface area contributed by atoms with Gasteiger partial charge in [-0.15, -0.1) is 0 Å². The molecule has 1 rings (SSSR count). The van der Waals surface area contributed by atoms with E-state index in [1.165, 1.54) is 0 Å². The van der Waals surface area contributed by atoms with Crippen molar-refractivity contribution >= 4 is 16.3 Å². The second-order valence-corrected chi connectivity index (χ2v) is 4.70. The van der Waals surface area contributed by atoms with Crippen LogP contribution >= 0.6 is 0 Å². The van der Waals surface area contributed by atoms with E-state index in [-0.39, 0.29) is 6.92 Å². The highest BCUT2D eigenvalue weighted by Gasteiger charge is 2.67. The van der Waals surface area contributed by atoms with Crippen LogP contribution in [0.3, 0.4) is 0 Å². The largest absolute Gasteiger partial charge is 0.508 e. The van der Waals surface area contributed by atoms with E-state index in [0.717, 1.165) is 0 Å². The molecule has 1 N–H and O–H groups in total. The number of alkyl halides is 3. The van der Waals surface area contributed by atoms with E-state index >= 15 is 0 Å². The van der Waals surface area contributed by atoms with Gasteiger partial charge in [0.2, 0.25) is 5.67 Å². The smallest absolute Gasteiger partial charge is 0.430 e. The van der Waals surface area contributed by atoms with Gasteiger partial charge in [-0.3, -0.25) is 4.55 Å². The Morgan fingerprint density at radius 2 is 1.94 bits per heavy atom. The first-order valence-corrected chi connectivity index (χ1v) is 5.31. The van der Waals surface area contributed by atoms with Crippen molar-refractivity contribution in [3.8, 4) is 0 Å². The van der Waals surface area contributed by atoms with Crippen molar-refractivity contribution in [1.82, 2.24) is 0 Å². The molecule has 0 spiro atoms. The predicted octanol–water partition coefficient (Wildman–Crippen LogP) is 0.731. The van der Waals surface area contributed by atoms with Gasteiger partial charge in [0.25, 0.3) is 0 Å². The number of rotatable bonds is 3. The fourth-order valence-electron chi connectivity index (χ4n) is 1.03. The molecule has 16 heavy (non-hydrogen) atoms. The Labute approximate surface area is 88.1 Å². The van der Waals surface area contributed by atoms with Crippen LogP contribution in [-0.4, -0.2) is 42.8 Å². The SMILES string of the molecule is CC(F)(C1COC(=O)O1)C(F)(F)S(=O)(=O)O. The first-order valence-electron chi connectivity index (χ1n) is 3.87. The molecule has 0 bridgehead atoms. The van der Waals surface area contributed by atoms with Gasteiger partial charge >= 0.3 is 21.5 Å². The molecule has 2 unspecified atom stereocenters. The lowest BCUT2D eigenvalue weighted by Gasteiger charge is -2.29. The van der Waals surface area contributed by atoms with Crippen molar-refractivity contribution in [3.63, 3.8) is 0 Å². The lowest BCUT2D eigenvalue weighted by molar-refractivity contribution is -0.119. The minimum Gasteiger partial charge on any atom is -0.430 e. The van der Waals surface area contributed by atoms with Gasteiger partial charge < -0.3 is 9.47 Å². The van der Waals surface area contributed by atoms with Gasteiger partial charge in [0.15, 0.2) is 6.10 Å². The number of cyclic esters (lactones) is 2. The number of ether oxygens (including phenoxy) is 2. The molecule has 1 aliphatic rings. The average molecular weight is 264 g/mol. The summed E-state index contributed by atoms with van der Waals surface area (Å²) in [5.74, 6) is 0. The Hall–Kier alpha value is -1.03. The van der Waals surface area contributed by atoms with Gasteiger partial charge in [-0.1, -0.05) is 0 Å². The quantitative estimate of drug-likeness (QED) is 0.597. The fourth-order valence-corrected chi connectivity index (χ4v) is 1.67. The molecule has 0 radical (unpaired) electrons. The van der Waals surface area contributed by atoms with Gasteiger partial charge in [-0.05, 0) is 6.92 Å². The van der Waals surface area contributed by atoms with E-state index in [0.29, 0.717) is 0 Å². The summed E-state index contributed by atoms with van der Waals surface area (Å²) in [6.07, 6.45) is -3.50.